The Morgan fingerprint density at radius 2 is 2.08 bits per heavy atom. The van der Waals surface area contributed by atoms with Crippen molar-refractivity contribution in [2.24, 2.45) is 0 Å². The van der Waals surface area contributed by atoms with Crippen LogP contribution < -0.4 is 10.3 Å². The number of rotatable bonds is 5. The van der Waals surface area contributed by atoms with Gasteiger partial charge in [-0.1, -0.05) is 23.7 Å². The van der Waals surface area contributed by atoms with Crippen LogP contribution in [0, 0.1) is 6.92 Å². The Balaban J connectivity index is 1.82. The van der Waals surface area contributed by atoms with Crippen LogP contribution in [0.25, 0.3) is 0 Å². The van der Waals surface area contributed by atoms with Gasteiger partial charge in [-0.25, -0.2) is 13.4 Å². The van der Waals surface area contributed by atoms with Crippen molar-refractivity contribution in [1.29, 1.82) is 0 Å². The number of halogens is 1. The summed E-state index contributed by atoms with van der Waals surface area (Å²) in [5.74, 6) is 0. The zero-order valence-electron chi connectivity index (χ0n) is 13.1. The van der Waals surface area contributed by atoms with E-state index in [4.69, 9.17) is 11.6 Å². The van der Waals surface area contributed by atoms with Gasteiger partial charge in [-0.2, -0.15) is 0 Å². The smallest absolute Gasteiger partial charge is 0.263 e. The fraction of sp³-hybridized carbons (Fsp3) is 0.125. The van der Waals surface area contributed by atoms with Gasteiger partial charge in [0, 0.05) is 28.6 Å². The summed E-state index contributed by atoms with van der Waals surface area (Å²) in [7, 11) is -3.79. The van der Waals surface area contributed by atoms with Crippen LogP contribution in [0.2, 0.25) is 5.02 Å². The van der Waals surface area contributed by atoms with Crippen LogP contribution in [0.15, 0.2) is 51.6 Å². The van der Waals surface area contributed by atoms with Crippen LogP contribution in [0.3, 0.4) is 0 Å². The summed E-state index contributed by atoms with van der Waals surface area (Å²) in [6.07, 6.45) is 1.88. The SMILES string of the molecule is Cc1c(Cl)cccc1S(=O)(=O)Nc1nc(Cc2ccc[nH]c2=O)cs1. The third-order valence-electron chi connectivity index (χ3n) is 3.55. The van der Waals surface area contributed by atoms with Gasteiger partial charge >= 0.3 is 0 Å². The molecule has 2 heterocycles. The van der Waals surface area contributed by atoms with E-state index in [1.54, 1.807) is 42.8 Å². The molecule has 2 N–H and O–H groups in total. The van der Waals surface area contributed by atoms with E-state index in [2.05, 4.69) is 14.7 Å². The van der Waals surface area contributed by atoms with Crippen molar-refractivity contribution in [2.75, 3.05) is 4.72 Å². The molecule has 0 radical (unpaired) electrons. The molecule has 6 nitrogen and oxygen atoms in total. The molecular weight excluding hydrogens is 382 g/mol. The number of sulfonamides is 1. The predicted molar refractivity (Wildman–Crippen MR) is 99.0 cm³/mol. The van der Waals surface area contributed by atoms with Crippen LogP contribution in [-0.4, -0.2) is 18.4 Å². The molecule has 3 rings (SSSR count). The molecule has 0 unspecified atom stereocenters. The maximum atomic E-state index is 12.5. The van der Waals surface area contributed by atoms with Crippen LogP contribution in [0.1, 0.15) is 16.8 Å². The summed E-state index contributed by atoms with van der Waals surface area (Å²) < 4.78 is 27.5. The molecule has 25 heavy (non-hydrogen) atoms. The highest BCUT2D eigenvalue weighted by molar-refractivity contribution is 7.93. The fourth-order valence-electron chi connectivity index (χ4n) is 2.27. The van der Waals surface area contributed by atoms with E-state index in [1.165, 1.54) is 6.07 Å². The van der Waals surface area contributed by atoms with Crippen molar-refractivity contribution < 1.29 is 8.42 Å². The third-order valence-corrected chi connectivity index (χ3v) is 6.38. The molecule has 3 aromatic rings. The van der Waals surface area contributed by atoms with Gasteiger partial charge in [-0.05, 0) is 30.7 Å². The monoisotopic (exact) mass is 395 g/mol. The number of nitrogens with one attached hydrogen (secondary N) is 2. The van der Waals surface area contributed by atoms with E-state index < -0.39 is 10.0 Å². The number of pyridine rings is 1. The Morgan fingerprint density at radius 1 is 1.28 bits per heavy atom. The number of H-pyrrole nitrogens is 1. The molecule has 0 fully saturated rings. The zero-order chi connectivity index (χ0) is 18.0. The second kappa shape index (κ2) is 6.99. The largest absolute Gasteiger partial charge is 0.329 e. The van der Waals surface area contributed by atoms with Crippen molar-refractivity contribution in [3.8, 4) is 0 Å². The van der Waals surface area contributed by atoms with E-state index in [-0.39, 0.29) is 15.6 Å². The minimum atomic E-state index is -3.79. The number of aromatic nitrogens is 2. The third kappa shape index (κ3) is 3.92. The predicted octanol–water partition coefficient (Wildman–Crippen LogP) is 3.18. The summed E-state index contributed by atoms with van der Waals surface area (Å²) in [6.45, 7) is 1.64. The van der Waals surface area contributed by atoms with Gasteiger partial charge < -0.3 is 4.98 Å². The normalized spacial score (nSPS) is 11.4. The van der Waals surface area contributed by atoms with Gasteiger partial charge in [-0.3, -0.25) is 9.52 Å². The highest BCUT2D eigenvalue weighted by atomic mass is 35.5. The van der Waals surface area contributed by atoms with Crippen LogP contribution in [0.5, 0.6) is 0 Å². The van der Waals surface area contributed by atoms with E-state index in [0.29, 0.717) is 28.3 Å². The molecule has 0 spiro atoms. The Kier molecular flexibility index (Phi) is 4.94. The molecule has 2 aromatic heterocycles. The molecule has 0 aliphatic carbocycles. The average molecular weight is 396 g/mol. The van der Waals surface area contributed by atoms with Crippen molar-refractivity contribution in [2.45, 2.75) is 18.2 Å². The number of hydrogen-bond acceptors (Lipinski definition) is 5. The molecule has 0 aliphatic rings. The Labute approximate surface area is 153 Å². The minimum absolute atomic E-state index is 0.108. The first-order chi connectivity index (χ1) is 11.9. The standard InChI is InChI=1S/C16H14ClN3O3S2/c1-10-13(17)5-2-6-14(10)25(22,23)20-16-19-12(9-24-16)8-11-4-3-7-18-15(11)21/h2-7,9H,8H2,1H3,(H,18,21)(H,19,20). The topological polar surface area (TPSA) is 91.9 Å². The van der Waals surface area contributed by atoms with Gasteiger partial charge in [0.1, 0.15) is 0 Å². The number of hydrogen-bond donors (Lipinski definition) is 2. The number of nitrogens with zero attached hydrogens (tertiary/aromatic N) is 1. The Bertz CT molecular complexity index is 1070. The molecule has 0 amide bonds. The molecule has 0 bridgehead atoms. The highest BCUT2D eigenvalue weighted by Crippen LogP contribution is 2.26. The van der Waals surface area contributed by atoms with Crippen LogP contribution >= 0.6 is 22.9 Å². The summed E-state index contributed by atoms with van der Waals surface area (Å²) in [4.78, 5) is 18.7. The van der Waals surface area contributed by atoms with Gasteiger partial charge in [0.2, 0.25) is 0 Å². The summed E-state index contributed by atoms with van der Waals surface area (Å²) in [5.41, 5.74) is 1.46. The maximum Gasteiger partial charge on any atom is 0.263 e. The van der Waals surface area contributed by atoms with Gasteiger partial charge in [-0.15, -0.1) is 11.3 Å². The molecule has 130 valence electrons. The first-order valence-corrected chi connectivity index (χ1v) is 10.00. The molecule has 0 saturated heterocycles. The number of aromatic amines is 1. The second-order valence-electron chi connectivity index (χ2n) is 5.31. The van der Waals surface area contributed by atoms with Gasteiger partial charge in [0.05, 0.1) is 10.6 Å². The molecule has 1 aromatic carbocycles. The summed E-state index contributed by atoms with van der Waals surface area (Å²) in [5, 5.41) is 2.34. The van der Waals surface area contributed by atoms with Gasteiger partial charge in [0.25, 0.3) is 15.6 Å². The lowest BCUT2D eigenvalue weighted by molar-refractivity contribution is 0.600. The Hall–Kier alpha value is -2.16. The highest BCUT2D eigenvalue weighted by Gasteiger charge is 2.19. The van der Waals surface area contributed by atoms with E-state index in [0.717, 1.165) is 11.3 Å². The van der Waals surface area contributed by atoms with Crippen molar-refractivity contribution >= 4 is 38.1 Å². The average Bonchev–Trinajstić information content (AvgIpc) is 2.98. The molecule has 0 atom stereocenters. The summed E-state index contributed by atoms with van der Waals surface area (Å²) in [6, 6.07) is 8.14. The lowest BCUT2D eigenvalue weighted by Gasteiger charge is -2.09. The fourth-order valence-corrected chi connectivity index (χ4v) is 4.74. The molecule has 9 heteroatoms. The lowest BCUT2D eigenvalue weighted by Crippen LogP contribution is -2.14. The first-order valence-electron chi connectivity index (χ1n) is 7.26. The van der Waals surface area contributed by atoms with Crippen LogP contribution in [0.4, 0.5) is 5.13 Å². The van der Waals surface area contributed by atoms with Crippen LogP contribution in [-0.2, 0) is 16.4 Å². The first kappa shape index (κ1) is 17.7. The van der Waals surface area contributed by atoms with E-state index in [1.807, 2.05) is 0 Å². The lowest BCUT2D eigenvalue weighted by atomic mass is 10.2. The van der Waals surface area contributed by atoms with Crippen molar-refractivity contribution in [3.63, 3.8) is 0 Å². The second-order valence-corrected chi connectivity index (χ2v) is 8.23. The number of anilines is 1. The zero-order valence-corrected chi connectivity index (χ0v) is 15.5. The summed E-state index contributed by atoms with van der Waals surface area (Å²) >= 11 is 7.15. The molecular formula is C16H14ClN3O3S2. The maximum absolute atomic E-state index is 12.5. The number of thiazole rings is 1. The van der Waals surface area contributed by atoms with E-state index >= 15 is 0 Å². The number of benzene rings is 1. The van der Waals surface area contributed by atoms with E-state index in [9.17, 15) is 13.2 Å². The van der Waals surface area contributed by atoms with Crippen molar-refractivity contribution in [3.05, 3.63) is 74.1 Å². The van der Waals surface area contributed by atoms with Crippen molar-refractivity contribution in [1.82, 2.24) is 9.97 Å². The molecule has 0 saturated carbocycles. The van der Waals surface area contributed by atoms with Gasteiger partial charge in [0.15, 0.2) is 5.13 Å². The minimum Gasteiger partial charge on any atom is -0.329 e. The molecule has 0 aliphatic heterocycles. The quantitative estimate of drug-likeness (QED) is 0.693. The Morgan fingerprint density at radius 3 is 2.84 bits per heavy atom.